The summed E-state index contributed by atoms with van der Waals surface area (Å²) >= 11 is 0. The number of hydrogen-bond acceptors (Lipinski definition) is 5. The van der Waals surface area contributed by atoms with E-state index in [4.69, 9.17) is 5.73 Å². The van der Waals surface area contributed by atoms with Crippen molar-refractivity contribution in [2.45, 2.75) is 33.4 Å². The van der Waals surface area contributed by atoms with Crippen LogP contribution in [0.15, 0.2) is 42.6 Å². The second kappa shape index (κ2) is 6.46. The van der Waals surface area contributed by atoms with E-state index in [2.05, 4.69) is 21.0 Å². The van der Waals surface area contributed by atoms with E-state index in [1.54, 1.807) is 11.1 Å². The standard InChI is InChI=1S/C21H21N5O/c1-12-6-4-8-15(10-12)19-16-11-26(14(3)18(16)24-21(22)25-19)20(27)17-13(2)7-5-9-23-17/h4-10,14H,11H2,1-3H3,(H2,22,24,25)/t14-/m0/s1. The molecule has 0 aliphatic carbocycles. The molecule has 1 aromatic carbocycles. The lowest BCUT2D eigenvalue weighted by molar-refractivity contribution is 0.0696. The van der Waals surface area contributed by atoms with Crippen LogP contribution < -0.4 is 5.73 Å². The smallest absolute Gasteiger partial charge is 0.273 e. The summed E-state index contributed by atoms with van der Waals surface area (Å²) in [5, 5.41) is 0. The topological polar surface area (TPSA) is 85.0 Å². The number of rotatable bonds is 2. The second-order valence-corrected chi connectivity index (χ2v) is 6.94. The Morgan fingerprint density at radius 1 is 1.19 bits per heavy atom. The average Bonchev–Trinajstić information content (AvgIpc) is 2.98. The number of nitrogen functional groups attached to an aromatic ring is 1. The van der Waals surface area contributed by atoms with Crippen molar-refractivity contribution in [2.24, 2.45) is 0 Å². The van der Waals surface area contributed by atoms with Crippen LogP contribution in [0.5, 0.6) is 0 Å². The molecule has 3 aromatic rings. The molecule has 1 amide bonds. The molecular formula is C21H21N5O. The van der Waals surface area contributed by atoms with Crippen LogP contribution in [0.1, 0.15) is 45.8 Å². The van der Waals surface area contributed by atoms with Gasteiger partial charge >= 0.3 is 0 Å². The number of carbonyl (C=O) groups is 1. The van der Waals surface area contributed by atoms with Gasteiger partial charge in [0.15, 0.2) is 0 Å². The molecule has 2 aromatic heterocycles. The molecule has 0 unspecified atom stereocenters. The number of benzene rings is 1. The zero-order valence-corrected chi connectivity index (χ0v) is 15.6. The fourth-order valence-electron chi connectivity index (χ4n) is 3.60. The maximum Gasteiger partial charge on any atom is 0.273 e. The van der Waals surface area contributed by atoms with E-state index in [1.807, 2.05) is 51.1 Å². The number of nitrogens with two attached hydrogens (primary N) is 1. The van der Waals surface area contributed by atoms with Crippen molar-refractivity contribution >= 4 is 11.9 Å². The van der Waals surface area contributed by atoms with E-state index < -0.39 is 0 Å². The molecule has 6 heteroatoms. The lowest BCUT2D eigenvalue weighted by Crippen LogP contribution is -2.29. The third kappa shape index (κ3) is 2.93. The highest BCUT2D eigenvalue weighted by molar-refractivity contribution is 5.94. The molecule has 3 heterocycles. The van der Waals surface area contributed by atoms with Gasteiger partial charge in [0.2, 0.25) is 5.95 Å². The number of anilines is 1. The van der Waals surface area contributed by atoms with Gasteiger partial charge in [-0.05, 0) is 38.5 Å². The van der Waals surface area contributed by atoms with E-state index in [1.165, 1.54) is 0 Å². The summed E-state index contributed by atoms with van der Waals surface area (Å²) in [4.78, 5) is 28.1. The first-order valence-corrected chi connectivity index (χ1v) is 8.91. The SMILES string of the molecule is Cc1cccc(-c2nc(N)nc3c2CN(C(=O)c2ncccc2C)[C@H]3C)c1. The highest BCUT2D eigenvalue weighted by Gasteiger charge is 2.36. The van der Waals surface area contributed by atoms with Gasteiger partial charge in [-0.15, -0.1) is 0 Å². The predicted octanol–water partition coefficient (Wildman–Crippen LogP) is 3.45. The van der Waals surface area contributed by atoms with E-state index in [-0.39, 0.29) is 17.9 Å². The average molecular weight is 359 g/mol. The van der Waals surface area contributed by atoms with Crippen molar-refractivity contribution < 1.29 is 4.79 Å². The van der Waals surface area contributed by atoms with Gasteiger partial charge in [0.25, 0.3) is 5.91 Å². The zero-order chi connectivity index (χ0) is 19.1. The Kier molecular flexibility index (Phi) is 4.11. The van der Waals surface area contributed by atoms with Gasteiger partial charge in [-0.25, -0.2) is 9.97 Å². The molecule has 0 saturated heterocycles. The Balaban J connectivity index is 1.78. The highest BCUT2D eigenvalue weighted by Crippen LogP contribution is 2.38. The van der Waals surface area contributed by atoms with Crippen molar-refractivity contribution in [2.75, 3.05) is 5.73 Å². The molecule has 0 saturated carbocycles. The Labute approximate surface area is 158 Å². The Hall–Kier alpha value is -3.28. The van der Waals surface area contributed by atoms with E-state index in [0.717, 1.165) is 33.6 Å². The number of aryl methyl sites for hydroxylation is 2. The zero-order valence-electron chi connectivity index (χ0n) is 15.6. The number of amides is 1. The summed E-state index contributed by atoms with van der Waals surface area (Å²) in [5.74, 6) is 0.118. The van der Waals surface area contributed by atoms with E-state index in [0.29, 0.717) is 12.2 Å². The van der Waals surface area contributed by atoms with Gasteiger partial charge in [-0.2, -0.15) is 0 Å². The van der Waals surface area contributed by atoms with Crippen molar-refractivity contribution in [3.63, 3.8) is 0 Å². The minimum absolute atomic E-state index is 0.104. The number of nitrogens with zero attached hydrogens (tertiary/aromatic N) is 4. The molecular weight excluding hydrogens is 338 g/mol. The van der Waals surface area contributed by atoms with Crippen molar-refractivity contribution in [1.29, 1.82) is 0 Å². The largest absolute Gasteiger partial charge is 0.368 e. The molecule has 1 atom stereocenters. The van der Waals surface area contributed by atoms with Crippen LogP contribution in [-0.2, 0) is 6.54 Å². The first-order chi connectivity index (χ1) is 13.0. The first-order valence-electron chi connectivity index (χ1n) is 8.91. The van der Waals surface area contributed by atoms with Gasteiger partial charge in [0.05, 0.1) is 24.0 Å². The van der Waals surface area contributed by atoms with Crippen LogP contribution >= 0.6 is 0 Å². The number of fused-ring (bicyclic) bond motifs is 1. The van der Waals surface area contributed by atoms with Crippen molar-refractivity contribution in [3.05, 3.63) is 70.7 Å². The molecule has 4 rings (SSSR count). The number of aromatic nitrogens is 3. The Morgan fingerprint density at radius 2 is 2.00 bits per heavy atom. The maximum atomic E-state index is 13.1. The summed E-state index contributed by atoms with van der Waals surface area (Å²) in [6, 6.07) is 11.6. The quantitative estimate of drug-likeness (QED) is 0.757. The fraction of sp³-hybridized carbons (Fsp3) is 0.238. The second-order valence-electron chi connectivity index (χ2n) is 6.94. The van der Waals surface area contributed by atoms with Crippen LogP contribution in [0.3, 0.4) is 0 Å². The van der Waals surface area contributed by atoms with Gasteiger partial charge in [-0.3, -0.25) is 9.78 Å². The molecule has 1 aliphatic heterocycles. The van der Waals surface area contributed by atoms with Crippen LogP contribution in [0.4, 0.5) is 5.95 Å². The maximum absolute atomic E-state index is 13.1. The normalized spacial score (nSPS) is 15.7. The monoisotopic (exact) mass is 359 g/mol. The highest BCUT2D eigenvalue weighted by atomic mass is 16.2. The van der Waals surface area contributed by atoms with Crippen LogP contribution in [0.2, 0.25) is 0 Å². The molecule has 0 radical (unpaired) electrons. The number of carbonyl (C=O) groups excluding carboxylic acids is 1. The van der Waals surface area contributed by atoms with Crippen molar-refractivity contribution in [3.8, 4) is 11.3 Å². The summed E-state index contributed by atoms with van der Waals surface area (Å²) in [6.45, 7) is 6.34. The molecule has 136 valence electrons. The summed E-state index contributed by atoms with van der Waals surface area (Å²) < 4.78 is 0. The third-order valence-electron chi connectivity index (χ3n) is 5.01. The minimum Gasteiger partial charge on any atom is -0.368 e. The first kappa shape index (κ1) is 17.1. The lowest BCUT2D eigenvalue weighted by atomic mass is 10.0. The molecule has 0 bridgehead atoms. The van der Waals surface area contributed by atoms with Gasteiger partial charge in [-0.1, -0.05) is 29.8 Å². The van der Waals surface area contributed by atoms with E-state index in [9.17, 15) is 4.79 Å². The summed E-state index contributed by atoms with van der Waals surface area (Å²) in [6.07, 6.45) is 1.64. The van der Waals surface area contributed by atoms with Gasteiger partial charge in [0, 0.05) is 17.3 Å². The Morgan fingerprint density at radius 3 is 2.74 bits per heavy atom. The lowest BCUT2D eigenvalue weighted by Gasteiger charge is -2.21. The minimum atomic E-state index is -0.192. The van der Waals surface area contributed by atoms with Crippen LogP contribution in [0.25, 0.3) is 11.3 Å². The van der Waals surface area contributed by atoms with E-state index >= 15 is 0 Å². The molecule has 0 fully saturated rings. The third-order valence-corrected chi connectivity index (χ3v) is 5.01. The Bertz CT molecular complexity index is 1050. The van der Waals surface area contributed by atoms with Crippen LogP contribution in [0, 0.1) is 13.8 Å². The molecule has 2 N–H and O–H groups in total. The molecule has 6 nitrogen and oxygen atoms in total. The summed E-state index contributed by atoms with van der Waals surface area (Å²) in [5.41, 5.74) is 12.0. The molecule has 0 spiro atoms. The van der Waals surface area contributed by atoms with Crippen LogP contribution in [-0.4, -0.2) is 25.8 Å². The molecule has 1 aliphatic rings. The van der Waals surface area contributed by atoms with Gasteiger partial charge in [0.1, 0.15) is 5.69 Å². The number of pyridine rings is 1. The predicted molar refractivity (Wildman–Crippen MR) is 104 cm³/mol. The summed E-state index contributed by atoms with van der Waals surface area (Å²) in [7, 11) is 0. The van der Waals surface area contributed by atoms with Gasteiger partial charge < -0.3 is 10.6 Å². The molecule has 27 heavy (non-hydrogen) atoms. The van der Waals surface area contributed by atoms with Crippen molar-refractivity contribution in [1.82, 2.24) is 19.9 Å². The fourth-order valence-corrected chi connectivity index (χ4v) is 3.60. The number of hydrogen-bond donors (Lipinski definition) is 1.